The van der Waals surface area contributed by atoms with Crippen molar-refractivity contribution in [2.45, 2.75) is 0 Å². The Balaban J connectivity index is 2.60. The second-order valence-electron chi connectivity index (χ2n) is 3.13. The molecule has 2 aromatic heterocycles. The zero-order valence-electron chi connectivity index (χ0n) is 8.11. The molecule has 1 amide bonds. The van der Waals surface area contributed by atoms with Crippen LogP contribution in [0.4, 0.5) is 0 Å². The molecule has 1 N–H and O–H groups in total. The zero-order valence-corrected chi connectivity index (χ0v) is 8.11. The Kier molecular flexibility index (Phi) is 1.96. The molecule has 0 aliphatic heterocycles. The number of hydrogen-bond acceptors (Lipinski definition) is 2. The van der Waals surface area contributed by atoms with Crippen molar-refractivity contribution in [1.29, 1.82) is 0 Å². The first kappa shape index (κ1) is 8.74. The maximum atomic E-state index is 11.3. The minimum Gasteiger partial charge on any atom is -0.354 e. The normalized spacial score (nSPS) is 10.4. The standard InChI is InChI=1S/C10H11N3O/c1-11-10(14)8-5-9-7(6-12-8)3-4-13(9)2/h3-6H,1-2H3,(H,11,14). The number of pyridine rings is 1. The molecule has 0 saturated carbocycles. The van der Waals surface area contributed by atoms with Crippen molar-refractivity contribution in [3.8, 4) is 0 Å². The van der Waals surface area contributed by atoms with Gasteiger partial charge in [0.05, 0.1) is 5.52 Å². The molecule has 0 spiro atoms. The number of amides is 1. The number of aromatic nitrogens is 2. The summed E-state index contributed by atoms with van der Waals surface area (Å²) in [5.74, 6) is -0.159. The van der Waals surface area contributed by atoms with Crippen LogP contribution in [0.2, 0.25) is 0 Å². The average molecular weight is 189 g/mol. The summed E-state index contributed by atoms with van der Waals surface area (Å²) >= 11 is 0. The third-order valence-corrected chi connectivity index (χ3v) is 2.23. The molecule has 2 aromatic rings. The summed E-state index contributed by atoms with van der Waals surface area (Å²) in [5, 5.41) is 3.59. The highest BCUT2D eigenvalue weighted by atomic mass is 16.1. The van der Waals surface area contributed by atoms with Gasteiger partial charge in [0, 0.05) is 31.9 Å². The summed E-state index contributed by atoms with van der Waals surface area (Å²) < 4.78 is 1.96. The smallest absolute Gasteiger partial charge is 0.269 e. The van der Waals surface area contributed by atoms with Gasteiger partial charge in [-0.2, -0.15) is 0 Å². The van der Waals surface area contributed by atoms with Crippen molar-refractivity contribution in [2.75, 3.05) is 7.05 Å². The van der Waals surface area contributed by atoms with Crippen LogP contribution in [-0.2, 0) is 7.05 Å². The Hall–Kier alpha value is -1.84. The van der Waals surface area contributed by atoms with Gasteiger partial charge in [0.15, 0.2) is 0 Å². The lowest BCUT2D eigenvalue weighted by molar-refractivity contribution is 0.0958. The zero-order chi connectivity index (χ0) is 10.1. The van der Waals surface area contributed by atoms with Gasteiger partial charge in [-0.15, -0.1) is 0 Å². The van der Waals surface area contributed by atoms with E-state index >= 15 is 0 Å². The highest BCUT2D eigenvalue weighted by molar-refractivity contribution is 5.95. The van der Waals surface area contributed by atoms with Crippen molar-refractivity contribution < 1.29 is 4.79 Å². The number of aryl methyl sites for hydroxylation is 1. The molecule has 0 aliphatic carbocycles. The Morgan fingerprint density at radius 1 is 1.57 bits per heavy atom. The molecule has 0 fully saturated rings. The van der Waals surface area contributed by atoms with E-state index in [9.17, 15) is 4.79 Å². The SMILES string of the molecule is CNC(=O)c1cc2c(ccn2C)cn1. The van der Waals surface area contributed by atoms with Crippen molar-refractivity contribution in [2.24, 2.45) is 7.05 Å². The molecular weight excluding hydrogens is 178 g/mol. The predicted molar refractivity (Wildman–Crippen MR) is 54.1 cm³/mol. The first-order valence-corrected chi connectivity index (χ1v) is 4.35. The monoisotopic (exact) mass is 189 g/mol. The van der Waals surface area contributed by atoms with E-state index in [0.717, 1.165) is 10.9 Å². The summed E-state index contributed by atoms with van der Waals surface area (Å²) in [6, 6.07) is 3.75. The van der Waals surface area contributed by atoms with Crippen LogP contribution in [0.3, 0.4) is 0 Å². The van der Waals surface area contributed by atoms with Gasteiger partial charge in [-0.1, -0.05) is 0 Å². The van der Waals surface area contributed by atoms with Gasteiger partial charge in [-0.3, -0.25) is 9.78 Å². The maximum absolute atomic E-state index is 11.3. The predicted octanol–water partition coefficient (Wildman–Crippen LogP) is 0.933. The van der Waals surface area contributed by atoms with Crippen LogP contribution < -0.4 is 5.32 Å². The summed E-state index contributed by atoms with van der Waals surface area (Å²) in [5.41, 5.74) is 1.46. The summed E-state index contributed by atoms with van der Waals surface area (Å²) in [7, 11) is 3.54. The van der Waals surface area contributed by atoms with Gasteiger partial charge < -0.3 is 9.88 Å². The fourth-order valence-electron chi connectivity index (χ4n) is 1.41. The van der Waals surface area contributed by atoms with Gasteiger partial charge in [-0.05, 0) is 12.1 Å². The van der Waals surface area contributed by atoms with Crippen LogP contribution in [0.15, 0.2) is 24.5 Å². The maximum Gasteiger partial charge on any atom is 0.269 e. The molecule has 2 heterocycles. The third-order valence-electron chi connectivity index (χ3n) is 2.23. The third kappa shape index (κ3) is 1.25. The van der Waals surface area contributed by atoms with E-state index in [1.165, 1.54) is 0 Å². The number of fused-ring (bicyclic) bond motifs is 1. The summed E-state index contributed by atoms with van der Waals surface area (Å²) in [4.78, 5) is 15.4. The van der Waals surface area contributed by atoms with E-state index in [1.807, 2.05) is 23.9 Å². The second kappa shape index (κ2) is 3.14. The average Bonchev–Trinajstić information content (AvgIpc) is 2.59. The Bertz CT molecular complexity index is 487. The number of carbonyl (C=O) groups excluding carboxylic acids is 1. The minimum absolute atomic E-state index is 0.159. The van der Waals surface area contributed by atoms with E-state index in [4.69, 9.17) is 0 Å². The van der Waals surface area contributed by atoms with Gasteiger partial charge in [0.25, 0.3) is 5.91 Å². The van der Waals surface area contributed by atoms with Crippen LogP contribution >= 0.6 is 0 Å². The Morgan fingerprint density at radius 3 is 3.07 bits per heavy atom. The molecule has 0 aromatic carbocycles. The van der Waals surface area contributed by atoms with Gasteiger partial charge in [0.1, 0.15) is 5.69 Å². The summed E-state index contributed by atoms with van der Waals surface area (Å²) in [6.45, 7) is 0. The van der Waals surface area contributed by atoms with Gasteiger partial charge >= 0.3 is 0 Å². The highest BCUT2D eigenvalue weighted by Crippen LogP contribution is 2.14. The lowest BCUT2D eigenvalue weighted by atomic mass is 10.2. The number of nitrogens with zero attached hydrogens (tertiary/aromatic N) is 2. The molecule has 0 saturated heterocycles. The molecule has 72 valence electrons. The fraction of sp³-hybridized carbons (Fsp3) is 0.200. The summed E-state index contributed by atoms with van der Waals surface area (Å²) in [6.07, 6.45) is 3.65. The van der Waals surface area contributed by atoms with Crippen LogP contribution in [-0.4, -0.2) is 22.5 Å². The molecular formula is C10H11N3O. The van der Waals surface area contributed by atoms with Crippen molar-refractivity contribution in [1.82, 2.24) is 14.9 Å². The molecule has 2 rings (SSSR count). The van der Waals surface area contributed by atoms with Crippen LogP contribution in [0.1, 0.15) is 10.5 Å². The quantitative estimate of drug-likeness (QED) is 0.725. The largest absolute Gasteiger partial charge is 0.354 e. The number of carbonyl (C=O) groups is 1. The lowest BCUT2D eigenvalue weighted by Gasteiger charge is -2.00. The Morgan fingerprint density at radius 2 is 2.36 bits per heavy atom. The molecule has 0 radical (unpaired) electrons. The Labute approximate surface area is 81.6 Å². The lowest BCUT2D eigenvalue weighted by Crippen LogP contribution is -2.19. The topological polar surface area (TPSA) is 46.9 Å². The van der Waals surface area contributed by atoms with Crippen LogP contribution in [0.25, 0.3) is 10.9 Å². The number of hydrogen-bond donors (Lipinski definition) is 1. The molecule has 14 heavy (non-hydrogen) atoms. The van der Waals surface area contributed by atoms with Gasteiger partial charge in [-0.25, -0.2) is 0 Å². The molecule has 0 unspecified atom stereocenters. The molecule has 0 aliphatic rings. The fourth-order valence-corrected chi connectivity index (χ4v) is 1.41. The molecule has 0 bridgehead atoms. The number of nitrogens with one attached hydrogen (secondary N) is 1. The van der Waals surface area contributed by atoms with Crippen LogP contribution in [0.5, 0.6) is 0 Å². The van der Waals surface area contributed by atoms with Crippen molar-refractivity contribution in [3.05, 3.63) is 30.2 Å². The molecule has 4 nitrogen and oxygen atoms in total. The minimum atomic E-state index is -0.159. The molecule has 4 heteroatoms. The number of rotatable bonds is 1. The van der Waals surface area contributed by atoms with Gasteiger partial charge in [0.2, 0.25) is 0 Å². The van der Waals surface area contributed by atoms with Crippen molar-refractivity contribution >= 4 is 16.8 Å². The van der Waals surface area contributed by atoms with Crippen LogP contribution in [0, 0.1) is 0 Å². The van der Waals surface area contributed by atoms with E-state index in [2.05, 4.69) is 10.3 Å². The molecule has 0 atom stereocenters. The second-order valence-corrected chi connectivity index (χ2v) is 3.13. The van der Waals surface area contributed by atoms with E-state index in [0.29, 0.717) is 5.69 Å². The van der Waals surface area contributed by atoms with E-state index in [-0.39, 0.29) is 5.91 Å². The first-order chi connectivity index (χ1) is 6.72. The highest BCUT2D eigenvalue weighted by Gasteiger charge is 2.06. The van der Waals surface area contributed by atoms with E-state index in [1.54, 1.807) is 19.3 Å². The first-order valence-electron chi connectivity index (χ1n) is 4.35. The van der Waals surface area contributed by atoms with E-state index < -0.39 is 0 Å². The van der Waals surface area contributed by atoms with Crippen molar-refractivity contribution in [3.63, 3.8) is 0 Å².